The topological polar surface area (TPSA) is 51.0 Å². The second-order valence-corrected chi connectivity index (χ2v) is 5.80. The van der Waals surface area contributed by atoms with E-state index in [9.17, 15) is 4.79 Å². The van der Waals surface area contributed by atoms with Gasteiger partial charge in [0.05, 0.1) is 0 Å². The lowest BCUT2D eigenvalue weighted by atomic mass is 10.1. The molecule has 0 saturated carbocycles. The molecule has 0 radical (unpaired) electrons. The molecule has 5 nitrogen and oxygen atoms in total. The lowest BCUT2D eigenvalue weighted by Crippen LogP contribution is -2.32. The molecular formula is C15H20N4O. The molecule has 1 saturated heterocycles. The number of nitrogens with zero attached hydrogens (tertiary/aromatic N) is 4. The summed E-state index contributed by atoms with van der Waals surface area (Å²) in [6.07, 6.45) is 2.77. The first-order valence-corrected chi connectivity index (χ1v) is 7.14. The number of amides is 1. The quantitative estimate of drug-likeness (QED) is 0.839. The van der Waals surface area contributed by atoms with Crippen molar-refractivity contribution >= 4 is 17.1 Å². The number of aromatic nitrogens is 3. The van der Waals surface area contributed by atoms with Gasteiger partial charge in [-0.1, -0.05) is 13.8 Å². The molecule has 0 bridgehead atoms. The van der Waals surface area contributed by atoms with Crippen LogP contribution >= 0.6 is 0 Å². The fourth-order valence-electron chi connectivity index (χ4n) is 2.94. The number of rotatable bonds is 2. The zero-order valence-electron chi connectivity index (χ0n) is 12.2. The van der Waals surface area contributed by atoms with Gasteiger partial charge in [-0.25, -0.2) is 9.97 Å². The average molecular weight is 272 g/mol. The van der Waals surface area contributed by atoms with Crippen LogP contribution in [0.3, 0.4) is 0 Å². The summed E-state index contributed by atoms with van der Waals surface area (Å²) in [6.45, 7) is 5.51. The summed E-state index contributed by atoms with van der Waals surface area (Å²) < 4.78 is 2.06. The molecular weight excluding hydrogens is 252 g/mol. The second kappa shape index (κ2) is 4.89. The molecule has 5 heteroatoms. The van der Waals surface area contributed by atoms with E-state index in [0.717, 1.165) is 36.5 Å². The third kappa shape index (κ3) is 2.07. The van der Waals surface area contributed by atoms with E-state index in [2.05, 4.69) is 9.55 Å². The molecule has 0 aromatic carbocycles. The van der Waals surface area contributed by atoms with E-state index in [1.165, 1.54) is 0 Å². The number of carbonyl (C=O) groups is 1. The van der Waals surface area contributed by atoms with Crippen LogP contribution < -0.4 is 0 Å². The van der Waals surface area contributed by atoms with Crippen molar-refractivity contribution in [1.29, 1.82) is 0 Å². The van der Waals surface area contributed by atoms with Crippen molar-refractivity contribution in [2.45, 2.75) is 26.2 Å². The molecule has 2 aromatic heterocycles. The zero-order chi connectivity index (χ0) is 14.3. The minimum Gasteiger partial charge on any atom is -0.342 e. The van der Waals surface area contributed by atoms with Gasteiger partial charge >= 0.3 is 0 Å². The maximum absolute atomic E-state index is 12.1. The van der Waals surface area contributed by atoms with E-state index in [1.54, 1.807) is 6.20 Å². The third-order valence-electron chi connectivity index (χ3n) is 4.02. The fraction of sp³-hybridized carbons (Fsp3) is 0.533. The van der Waals surface area contributed by atoms with Gasteiger partial charge < -0.3 is 9.47 Å². The highest BCUT2D eigenvalue weighted by Crippen LogP contribution is 2.28. The van der Waals surface area contributed by atoms with Crippen LogP contribution in [0.1, 0.15) is 32.0 Å². The van der Waals surface area contributed by atoms with E-state index < -0.39 is 0 Å². The van der Waals surface area contributed by atoms with E-state index in [1.807, 2.05) is 37.9 Å². The Morgan fingerprint density at radius 3 is 2.95 bits per heavy atom. The Balaban J connectivity index is 1.86. The van der Waals surface area contributed by atoms with Gasteiger partial charge in [0.1, 0.15) is 11.3 Å². The Labute approximate surface area is 118 Å². The van der Waals surface area contributed by atoms with Gasteiger partial charge in [-0.05, 0) is 18.6 Å². The molecule has 20 heavy (non-hydrogen) atoms. The molecule has 106 valence electrons. The highest BCUT2D eigenvalue weighted by atomic mass is 16.2. The molecule has 1 aliphatic rings. The van der Waals surface area contributed by atoms with Crippen LogP contribution in [-0.2, 0) is 11.8 Å². The molecule has 0 spiro atoms. The summed E-state index contributed by atoms with van der Waals surface area (Å²) in [5.41, 5.74) is 1.84. The summed E-state index contributed by atoms with van der Waals surface area (Å²) in [6, 6.07) is 3.89. The van der Waals surface area contributed by atoms with Gasteiger partial charge in [-0.2, -0.15) is 0 Å². The number of carbonyl (C=O) groups excluding carboxylic acids is 1. The number of hydrogen-bond acceptors (Lipinski definition) is 3. The maximum Gasteiger partial charge on any atom is 0.225 e. The molecule has 1 amide bonds. The highest BCUT2D eigenvalue weighted by Gasteiger charge is 2.31. The van der Waals surface area contributed by atoms with Crippen LogP contribution in [0, 0.1) is 5.92 Å². The largest absolute Gasteiger partial charge is 0.342 e. The summed E-state index contributed by atoms with van der Waals surface area (Å²) >= 11 is 0. The first kappa shape index (κ1) is 13.1. The van der Waals surface area contributed by atoms with E-state index in [0.29, 0.717) is 5.92 Å². The van der Waals surface area contributed by atoms with Gasteiger partial charge in [-0.3, -0.25) is 4.79 Å². The van der Waals surface area contributed by atoms with Crippen LogP contribution in [0.4, 0.5) is 0 Å². The molecule has 3 rings (SSSR count). The summed E-state index contributed by atoms with van der Waals surface area (Å²) in [5.74, 6) is 1.66. The SMILES string of the molecule is CC(C)C(=O)N1CC[C@@H](c2nc3cccnc3n2C)C1. The van der Waals surface area contributed by atoms with Crippen molar-refractivity contribution < 1.29 is 4.79 Å². The Morgan fingerprint density at radius 2 is 2.25 bits per heavy atom. The average Bonchev–Trinajstić information content (AvgIpc) is 3.03. The monoisotopic (exact) mass is 272 g/mol. The first-order valence-electron chi connectivity index (χ1n) is 7.14. The van der Waals surface area contributed by atoms with Crippen molar-refractivity contribution in [2.24, 2.45) is 13.0 Å². The van der Waals surface area contributed by atoms with Gasteiger partial charge in [0.2, 0.25) is 5.91 Å². The molecule has 2 aromatic rings. The van der Waals surface area contributed by atoms with Crippen LogP contribution in [0.5, 0.6) is 0 Å². The Hall–Kier alpha value is -1.91. The first-order chi connectivity index (χ1) is 9.58. The van der Waals surface area contributed by atoms with E-state index >= 15 is 0 Å². The normalized spacial score (nSPS) is 19.2. The van der Waals surface area contributed by atoms with Crippen molar-refractivity contribution in [3.63, 3.8) is 0 Å². The summed E-state index contributed by atoms with van der Waals surface area (Å²) in [5, 5.41) is 0. The Kier molecular flexibility index (Phi) is 3.20. The molecule has 0 aliphatic carbocycles. The summed E-state index contributed by atoms with van der Waals surface area (Å²) in [4.78, 5) is 23.1. The molecule has 1 atom stereocenters. The fourth-order valence-corrected chi connectivity index (χ4v) is 2.94. The number of aryl methyl sites for hydroxylation is 1. The minimum atomic E-state index is 0.0656. The number of fused-ring (bicyclic) bond motifs is 1. The smallest absolute Gasteiger partial charge is 0.225 e. The Bertz CT molecular complexity index is 646. The minimum absolute atomic E-state index is 0.0656. The van der Waals surface area contributed by atoms with Crippen molar-refractivity contribution in [1.82, 2.24) is 19.4 Å². The molecule has 0 N–H and O–H groups in total. The molecule has 1 aliphatic heterocycles. The third-order valence-corrected chi connectivity index (χ3v) is 4.02. The Morgan fingerprint density at radius 1 is 1.45 bits per heavy atom. The van der Waals surface area contributed by atoms with Crippen LogP contribution in [0.2, 0.25) is 0 Å². The van der Waals surface area contributed by atoms with Crippen molar-refractivity contribution in [3.8, 4) is 0 Å². The van der Waals surface area contributed by atoms with Gasteiger partial charge in [0.15, 0.2) is 5.65 Å². The van der Waals surface area contributed by atoms with Gasteiger partial charge in [0.25, 0.3) is 0 Å². The predicted octanol–water partition coefficient (Wildman–Crippen LogP) is 1.94. The van der Waals surface area contributed by atoms with Gasteiger partial charge in [-0.15, -0.1) is 0 Å². The number of pyridine rings is 1. The van der Waals surface area contributed by atoms with Crippen LogP contribution in [0.25, 0.3) is 11.2 Å². The number of imidazole rings is 1. The second-order valence-electron chi connectivity index (χ2n) is 5.80. The zero-order valence-corrected chi connectivity index (χ0v) is 12.2. The van der Waals surface area contributed by atoms with Crippen LogP contribution in [0.15, 0.2) is 18.3 Å². The number of likely N-dealkylation sites (tertiary alicyclic amines) is 1. The van der Waals surface area contributed by atoms with Gasteiger partial charge in [0, 0.05) is 38.2 Å². The molecule has 1 fully saturated rings. The van der Waals surface area contributed by atoms with E-state index in [-0.39, 0.29) is 11.8 Å². The highest BCUT2D eigenvalue weighted by molar-refractivity contribution is 5.78. The summed E-state index contributed by atoms with van der Waals surface area (Å²) in [7, 11) is 2.00. The lowest BCUT2D eigenvalue weighted by Gasteiger charge is -2.18. The standard InChI is InChI=1S/C15H20N4O/c1-10(2)15(20)19-8-6-11(9-19)13-17-12-5-4-7-16-14(12)18(13)3/h4-5,7,10-11H,6,8-9H2,1-3H3/t11-/m1/s1. The van der Waals surface area contributed by atoms with Crippen molar-refractivity contribution in [3.05, 3.63) is 24.2 Å². The van der Waals surface area contributed by atoms with E-state index in [4.69, 9.17) is 4.98 Å². The maximum atomic E-state index is 12.1. The van der Waals surface area contributed by atoms with Crippen molar-refractivity contribution in [2.75, 3.05) is 13.1 Å². The lowest BCUT2D eigenvalue weighted by molar-refractivity contribution is -0.133. The molecule has 3 heterocycles. The van der Waals surface area contributed by atoms with Crippen LogP contribution in [-0.4, -0.2) is 38.4 Å². The molecule has 0 unspecified atom stereocenters. The predicted molar refractivity (Wildman–Crippen MR) is 77.3 cm³/mol. The number of hydrogen-bond donors (Lipinski definition) is 0.